The summed E-state index contributed by atoms with van der Waals surface area (Å²) in [5.74, 6) is -0.358. The van der Waals surface area contributed by atoms with Crippen LogP contribution in [0.5, 0.6) is 0 Å². The summed E-state index contributed by atoms with van der Waals surface area (Å²) in [5, 5.41) is 7.82. The lowest BCUT2D eigenvalue weighted by Crippen LogP contribution is -2.15. The highest BCUT2D eigenvalue weighted by molar-refractivity contribution is 5.75. The van der Waals surface area contributed by atoms with Crippen molar-refractivity contribution in [1.29, 1.82) is 0 Å². The molecule has 0 N–H and O–H groups in total. The molecule has 1 aromatic rings. The van der Waals surface area contributed by atoms with E-state index in [1.165, 1.54) is 12.7 Å². The third-order valence-electron chi connectivity index (χ3n) is 2.14. The Labute approximate surface area is 95.3 Å². The van der Waals surface area contributed by atoms with Crippen molar-refractivity contribution in [2.24, 2.45) is 10.2 Å². The number of azo groups is 1. The molecule has 4 nitrogen and oxygen atoms in total. The first-order valence-electron chi connectivity index (χ1n) is 5.22. The van der Waals surface area contributed by atoms with Crippen LogP contribution in [0.15, 0.2) is 40.6 Å². The molecule has 0 saturated heterocycles. The number of rotatable bonds is 5. The van der Waals surface area contributed by atoms with Crippen molar-refractivity contribution >= 4 is 5.97 Å². The van der Waals surface area contributed by atoms with Gasteiger partial charge in [-0.1, -0.05) is 30.3 Å². The fourth-order valence-electron chi connectivity index (χ4n) is 1.22. The van der Waals surface area contributed by atoms with Crippen molar-refractivity contribution in [2.75, 3.05) is 13.7 Å². The molecule has 1 unspecified atom stereocenters. The van der Waals surface area contributed by atoms with Gasteiger partial charge in [0.15, 0.2) is 6.04 Å². The van der Waals surface area contributed by atoms with E-state index >= 15 is 0 Å². The fourth-order valence-corrected chi connectivity index (χ4v) is 1.22. The van der Waals surface area contributed by atoms with Crippen LogP contribution in [0.4, 0.5) is 0 Å². The molecule has 0 radical (unpaired) electrons. The van der Waals surface area contributed by atoms with Crippen LogP contribution in [0.2, 0.25) is 0 Å². The van der Waals surface area contributed by atoms with Crippen molar-refractivity contribution in [3.63, 3.8) is 0 Å². The Morgan fingerprint density at radius 1 is 1.38 bits per heavy atom. The van der Waals surface area contributed by atoms with Gasteiger partial charge in [0.25, 0.3) is 0 Å². The second-order valence-corrected chi connectivity index (χ2v) is 3.42. The van der Waals surface area contributed by atoms with Crippen LogP contribution in [0.3, 0.4) is 0 Å². The summed E-state index contributed by atoms with van der Waals surface area (Å²) >= 11 is 0. The summed E-state index contributed by atoms with van der Waals surface area (Å²) in [6.07, 6.45) is 0.832. The van der Waals surface area contributed by atoms with Gasteiger partial charge in [-0.3, -0.25) is 0 Å². The number of carbonyl (C=O) groups excluding carboxylic acids is 1. The minimum Gasteiger partial charge on any atom is -0.467 e. The van der Waals surface area contributed by atoms with Crippen LogP contribution < -0.4 is 0 Å². The summed E-state index contributed by atoms with van der Waals surface area (Å²) in [7, 11) is 1.35. The van der Waals surface area contributed by atoms with Crippen LogP contribution in [-0.4, -0.2) is 25.7 Å². The van der Waals surface area contributed by atoms with Crippen LogP contribution in [0.25, 0.3) is 0 Å². The Morgan fingerprint density at radius 3 is 2.69 bits per heavy atom. The summed E-state index contributed by atoms with van der Waals surface area (Å²) < 4.78 is 4.53. The molecule has 0 spiro atoms. The van der Waals surface area contributed by atoms with Crippen LogP contribution in [-0.2, 0) is 16.0 Å². The third kappa shape index (κ3) is 4.21. The smallest absolute Gasteiger partial charge is 0.332 e. The lowest BCUT2D eigenvalue weighted by molar-refractivity contribution is -0.141. The SMILES string of the molecule is COC(=O)C(C)N=NCCc1ccccc1. The van der Waals surface area contributed by atoms with E-state index in [-0.39, 0.29) is 5.97 Å². The van der Waals surface area contributed by atoms with E-state index in [9.17, 15) is 4.79 Å². The van der Waals surface area contributed by atoms with Gasteiger partial charge in [0.1, 0.15) is 0 Å². The summed E-state index contributed by atoms with van der Waals surface area (Å²) in [4.78, 5) is 11.0. The van der Waals surface area contributed by atoms with Gasteiger partial charge in [0.05, 0.1) is 13.7 Å². The molecule has 1 atom stereocenters. The van der Waals surface area contributed by atoms with Crippen molar-refractivity contribution in [2.45, 2.75) is 19.4 Å². The zero-order valence-corrected chi connectivity index (χ0v) is 9.59. The van der Waals surface area contributed by atoms with E-state index in [0.29, 0.717) is 6.54 Å². The molecular weight excluding hydrogens is 204 g/mol. The largest absolute Gasteiger partial charge is 0.467 e. The number of esters is 1. The van der Waals surface area contributed by atoms with E-state index in [1.807, 2.05) is 30.3 Å². The molecule has 0 amide bonds. The molecule has 0 aliphatic rings. The van der Waals surface area contributed by atoms with Crippen molar-refractivity contribution in [1.82, 2.24) is 0 Å². The molecule has 0 heterocycles. The van der Waals surface area contributed by atoms with Gasteiger partial charge < -0.3 is 4.74 Å². The average molecular weight is 220 g/mol. The van der Waals surface area contributed by atoms with E-state index in [2.05, 4.69) is 15.0 Å². The Bertz CT molecular complexity index is 349. The Balaban J connectivity index is 2.30. The highest BCUT2D eigenvalue weighted by atomic mass is 16.5. The molecule has 0 fully saturated rings. The van der Waals surface area contributed by atoms with Crippen LogP contribution in [0.1, 0.15) is 12.5 Å². The maximum atomic E-state index is 11.0. The second kappa shape index (κ2) is 6.71. The quantitative estimate of drug-likeness (QED) is 0.564. The predicted molar refractivity (Wildman–Crippen MR) is 61.3 cm³/mol. The summed E-state index contributed by atoms with van der Waals surface area (Å²) in [6, 6.07) is 9.52. The number of carbonyl (C=O) groups is 1. The normalized spacial score (nSPS) is 12.6. The first kappa shape index (κ1) is 12.4. The molecule has 4 heteroatoms. The van der Waals surface area contributed by atoms with Gasteiger partial charge in [-0.2, -0.15) is 10.2 Å². The summed E-state index contributed by atoms with van der Waals surface area (Å²) in [6.45, 7) is 2.25. The topological polar surface area (TPSA) is 51.0 Å². The molecule has 0 aromatic heterocycles. The second-order valence-electron chi connectivity index (χ2n) is 3.42. The molecular formula is C12H16N2O2. The maximum absolute atomic E-state index is 11.0. The van der Waals surface area contributed by atoms with Crippen molar-refractivity contribution in [3.8, 4) is 0 Å². The van der Waals surface area contributed by atoms with E-state index < -0.39 is 6.04 Å². The van der Waals surface area contributed by atoms with Gasteiger partial charge in [-0.25, -0.2) is 4.79 Å². The van der Waals surface area contributed by atoms with Gasteiger partial charge in [0, 0.05) is 0 Å². The first-order valence-corrected chi connectivity index (χ1v) is 5.22. The number of hydrogen-bond donors (Lipinski definition) is 0. The standard InChI is InChI=1S/C12H16N2O2/c1-10(12(15)16-2)14-13-9-8-11-6-4-3-5-7-11/h3-7,10H,8-9H2,1-2H3. The van der Waals surface area contributed by atoms with Gasteiger partial charge in [-0.15, -0.1) is 0 Å². The molecule has 0 aliphatic carbocycles. The monoisotopic (exact) mass is 220 g/mol. The number of methoxy groups -OCH3 is 1. The minimum absolute atomic E-state index is 0.358. The van der Waals surface area contributed by atoms with Gasteiger partial charge in [-0.05, 0) is 18.9 Å². The molecule has 86 valence electrons. The molecule has 0 bridgehead atoms. The van der Waals surface area contributed by atoms with Gasteiger partial charge in [0.2, 0.25) is 0 Å². The predicted octanol–water partition coefficient (Wildman–Crippen LogP) is 2.24. The first-order chi connectivity index (χ1) is 7.74. The maximum Gasteiger partial charge on any atom is 0.332 e. The molecule has 1 rings (SSSR count). The molecule has 0 saturated carbocycles. The Morgan fingerprint density at radius 2 is 2.06 bits per heavy atom. The number of nitrogens with zero attached hydrogens (tertiary/aromatic N) is 2. The zero-order valence-electron chi connectivity index (χ0n) is 9.59. The minimum atomic E-state index is -0.513. The number of ether oxygens (including phenoxy) is 1. The third-order valence-corrected chi connectivity index (χ3v) is 2.14. The molecule has 0 aliphatic heterocycles. The lowest BCUT2D eigenvalue weighted by atomic mass is 10.2. The van der Waals surface area contributed by atoms with E-state index in [1.54, 1.807) is 6.92 Å². The molecule has 16 heavy (non-hydrogen) atoms. The zero-order chi connectivity index (χ0) is 11.8. The van der Waals surface area contributed by atoms with Gasteiger partial charge >= 0.3 is 5.97 Å². The lowest BCUT2D eigenvalue weighted by Gasteiger charge is -2.01. The van der Waals surface area contributed by atoms with Crippen molar-refractivity contribution in [3.05, 3.63) is 35.9 Å². The number of benzene rings is 1. The van der Waals surface area contributed by atoms with Crippen molar-refractivity contribution < 1.29 is 9.53 Å². The molecule has 1 aromatic carbocycles. The fraction of sp³-hybridized carbons (Fsp3) is 0.417. The van der Waals surface area contributed by atoms with E-state index in [0.717, 1.165) is 6.42 Å². The Hall–Kier alpha value is -1.71. The average Bonchev–Trinajstić information content (AvgIpc) is 2.34. The van der Waals surface area contributed by atoms with Crippen LogP contribution >= 0.6 is 0 Å². The summed E-state index contributed by atoms with van der Waals surface area (Å²) in [5.41, 5.74) is 1.21. The highest BCUT2D eigenvalue weighted by Crippen LogP contribution is 2.00. The van der Waals surface area contributed by atoms with E-state index in [4.69, 9.17) is 0 Å². The Kier molecular flexibility index (Phi) is 5.19. The van der Waals surface area contributed by atoms with Crippen LogP contribution in [0, 0.1) is 0 Å². The highest BCUT2D eigenvalue weighted by Gasteiger charge is 2.10. The number of hydrogen-bond acceptors (Lipinski definition) is 4.